The Morgan fingerprint density at radius 2 is 1.47 bits per heavy atom. The summed E-state index contributed by atoms with van der Waals surface area (Å²) in [5.41, 5.74) is 6.16. The zero-order chi connectivity index (χ0) is 36.9. The van der Waals surface area contributed by atoms with E-state index in [9.17, 15) is 9.90 Å². The molecule has 1 radical (unpaired) electrons. The predicted octanol–water partition coefficient (Wildman–Crippen LogP) is 13.1. The van der Waals surface area contributed by atoms with Crippen molar-refractivity contribution in [2.45, 2.75) is 114 Å². The van der Waals surface area contributed by atoms with Gasteiger partial charge in [0, 0.05) is 53.0 Å². The Balaban J connectivity index is 0.000000335. The standard InChI is InChI=1S/C30H29N2S.C15H28O2.Ir/c1-19(2)12-23-17-33-29-11-10-21(14-25(23)29)27-16-28(32-18-31-27)22-13-20-8-6-7-9-24(20)26(15-22)30(3,4)5;1-7-14(5,8-2)12(16)11-13(17)15(6,9-3)10-4;/h6-11,14-19H,12H2,1-5H3;11,16H,7-10H2,1-6H3;/q-1;;/b;12-11-;. The van der Waals surface area contributed by atoms with E-state index in [0.717, 1.165) is 60.0 Å². The molecule has 3 aromatic carbocycles. The number of fused-ring (bicyclic) bond motifs is 2. The van der Waals surface area contributed by atoms with Crippen LogP contribution in [0.15, 0.2) is 78.1 Å². The third-order valence-electron chi connectivity index (χ3n) is 10.7. The zero-order valence-electron chi connectivity index (χ0n) is 32.5. The van der Waals surface area contributed by atoms with Gasteiger partial charge in [0.2, 0.25) is 0 Å². The minimum atomic E-state index is -0.337. The number of nitrogens with zero attached hydrogens (tertiary/aromatic N) is 2. The number of aromatic nitrogens is 2. The quantitative estimate of drug-likeness (QED) is 0.0815. The van der Waals surface area contributed by atoms with E-state index in [1.54, 1.807) is 6.33 Å². The van der Waals surface area contributed by atoms with Crippen molar-refractivity contribution in [2.24, 2.45) is 16.7 Å². The van der Waals surface area contributed by atoms with Gasteiger partial charge in [0.05, 0.1) is 5.69 Å². The average molecular weight is 882 g/mol. The van der Waals surface area contributed by atoms with Crippen LogP contribution < -0.4 is 0 Å². The summed E-state index contributed by atoms with van der Waals surface area (Å²) >= 11 is 1.83. The monoisotopic (exact) mass is 882 g/mol. The molecule has 0 bridgehead atoms. The van der Waals surface area contributed by atoms with Crippen LogP contribution in [0.5, 0.6) is 0 Å². The molecule has 2 heterocycles. The van der Waals surface area contributed by atoms with Gasteiger partial charge in [-0.25, -0.2) is 4.98 Å². The van der Waals surface area contributed by atoms with Crippen LogP contribution in [0.4, 0.5) is 0 Å². The van der Waals surface area contributed by atoms with Gasteiger partial charge in [0.15, 0.2) is 5.78 Å². The number of hydrogen-bond acceptors (Lipinski definition) is 5. The molecule has 6 heteroatoms. The van der Waals surface area contributed by atoms with E-state index >= 15 is 0 Å². The number of thiophene rings is 1. The Morgan fingerprint density at radius 1 is 0.843 bits per heavy atom. The summed E-state index contributed by atoms with van der Waals surface area (Å²) < 4.78 is 1.33. The maximum Gasteiger partial charge on any atom is 0.164 e. The number of aliphatic hydroxyl groups is 1. The largest absolute Gasteiger partial charge is 0.512 e. The zero-order valence-corrected chi connectivity index (χ0v) is 35.7. The Morgan fingerprint density at radius 3 is 2.08 bits per heavy atom. The Labute approximate surface area is 324 Å². The summed E-state index contributed by atoms with van der Waals surface area (Å²) in [6, 6.07) is 23.1. The van der Waals surface area contributed by atoms with Crippen molar-refractivity contribution in [3.63, 3.8) is 0 Å². The summed E-state index contributed by atoms with van der Waals surface area (Å²) in [5, 5.41) is 16.2. The van der Waals surface area contributed by atoms with Gasteiger partial charge in [-0.3, -0.25) is 9.78 Å². The van der Waals surface area contributed by atoms with E-state index in [1.807, 2.05) is 52.9 Å². The molecule has 0 aliphatic rings. The first-order valence-corrected chi connectivity index (χ1v) is 19.2. The molecular weight excluding hydrogens is 825 g/mol. The van der Waals surface area contributed by atoms with Crippen molar-refractivity contribution in [1.29, 1.82) is 0 Å². The van der Waals surface area contributed by atoms with Gasteiger partial charge in [0.1, 0.15) is 12.1 Å². The minimum absolute atomic E-state index is 0. The fourth-order valence-electron chi connectivity index (χ4n) is 6.17. The molecule has 0 aliphatic carbocycles. The first kappa shape index (κ1) is 42.2. The van der Waals surface area contributed by atoms with E-state index < -0.39 is 0 Å². The van der Waals surface area contributed by atoms with E-state index in [2.05, 4.69) is 111 Å². The first-order valence-electron chi connectivity index (χ1n) is 18.3. The fraction of sp³-hybridized carbons (Fsp3) is 0.444. The number of ketones is 1. The molecule has 0 fully saturated rings. The molecule has 275 valence electrons. The third-order valence-corrected chi connectivity index (χ3v) is 11.7. The van der Waals surface area contributed by atoms with Crippen molar-refractivity contribution in [3.8, 4) is 22.5 Å². The number of rotatable bonds is 11. The normalized spacial score (nSPS) is 12.5. The van der Waals surface area contributed by atoms with E-state index in [1.165, 1.54) is 32.7 Å². The summed E-state index contributed by atoms with van der Waals surface area (Å²) in [4.78, 5) is 21.4. The van der Waals surface area contributed by atoms with Crippen molar-refractivity contribution >= 4 is 38.0 Å². The molecule has 4 nitrogen and oxygen atoms in total. The number of hydrogen-bond donors (Lipinski definition) is 1. The molecule has 2 aromatic heterocycles. The Bertz CT molecular complexity index is 1960. The van der Waals surface area contributed by atoms with Gasteiger partial charge in [-0.2, -0.15) is 0 Å². The topological polar surface area (TPSA) is 63.1 Å². The second-order valence-corrected chi connectivity index (χ2v) is 16.6. The molecule has 0 saturated carbocycles. The van der Waals surface area contributed by atoms with Crippen LogP contribution in [0.1, 0.15) is 113 Å². The van der Waals surface area contributed by atoms with Gasteiger partial charge in [-0.15, -0.1) is 40.5 Å². The number of allylic oxidation sites excluding steroid dienone is 2. The smallest absolute Gasteiger partial charge is 0.164 e. The molecule has 1 N–H and O–H groups in total. The summed E-state index contributed by atoms with van der Waals surface area (Å²) in [6.45, 7) is 23.4. The molecule has 5 rings (SSSR count). The molecule has 0 atom stereocenters. The van der Waals surface area contributed by atoms with Gasteiger partial charge in [-0.05, 0) is 78.0 Å². The van der Waals surface area contributed by atoms with E-state index in [0.29, 0.717) is 5.92 Å². The molecule has 0 saturated heterocycles. The van der Waals surface area contributed by atoms with Crippen molar-refractivity contribution in [2.75, 3.05) is 0 Å². The van der Waals surface area contributed by atoms with Crippen LogP contribution in [0, 0.1) is 22.8 Å². The molecule has 51 heavy (non-hydrogen) atoms. The summed E-state index contributed by atoms with van der Waals surface area (Å²) in [6.07, 6.45) is 7.53. The Hall–Kier alpha value is -3.18. The van der Waals surface area contributed by atoms with Gasteiger partial charge in [-0.1, -0.05) is 111 Å². The third kappa shape index (κ3) is 9.83. The fourth-order valence-corrected chi connectivity index (χ4v) is 7.13. The summed E-state index contributed by atoms with van der Waals surface area (Å²) in [5.74, 6) is 0.923. The van der Waals surface area contributed by atoms with Crippen molar-refractivity contribution in [3.05, 3.63) is 95.3 Å². The SMILES string of the molecule is CC(C)Cc1csc2ccc(-c3cc(-c4[c-]c5ccccc5c(C(C)(C)C)c4)ncn3)cc12.CCC(C)(CC)C(=O)/C=C(\O)C(C)(CC)CC.[Ir]. The minimum Gasteiger partial charge on any atom is -0.512 e. The number of benzene rings is 3. The Kier molecular flexibility index (Phi) is 14.5. The number of carbonyl (C=O) groups is 1. The first-order chi connectivity index (χ1) is 23.6. The molecule has 0 amide bonds. The molecule has 0 aliphatic heterocycles. The summed E-state index contributed by atoms with van der Waals surface area (Å²) in [7, 11) is 0. The molecule has 5 aromatic rings. The molecule has 0 spiro atoms. The second-order valence-electron chi connectivity index (χ2n) is 15.7. The van der Waals surface area contributed by atoms with Crippen LogP contribution in [-0.2, 0) is 36.7 Å². The van der Waals surface area contributed by atoms with Crippen LogP contribution >= 0.6 is 11.3 Å². The van der Waals surface area contributed by atoms with Crippen LogP contribution in [0.2, 0.25) is 0 Å². The maximum absolute atomic E-state index is 12.2. The van der Waals surface area contributed by atoms with Gasteiger partial charge >= 0.3 is 0 Å². The van der Waals surface area contributed by atoms with Crippen LogP contribution in [0.3, 0.4) is 0 Å². The predicted molar refractivity (Wildman–Crippen MR) is 215 cm³/mol. The van der Waals surface area contributed by atoms with Crippen LogP contribution in [0.25, 0.3) is 43.4 Å². The van der Waals surface area contributed by atoms with Crippen LogP contribution in [-0.4, -0.2) is 20.9 Å². The number of carbonyl (C=O) groups excluding carboxylic acids is 1. The number of aliphatic hydroxyl groups excluding tert-OH is 1. The average Bonchev–Trinajstić information content (AvgIpc) is 3.51. The van der Waals surface area contributed by atoms with Gasteiger partial charge in [0.25, 0.3) is 0 Å². The van der Waals surface area contributed by atoms with Crippen molar-refractivity contribution < 1.29 is 30.0 Å². The molecular formula is C45H57IrN2O2S-. The molecule has 0 unspecified atom stereocenters. The second kappa shape index (κ2) is 17.6. The maximum atomic E-state index is 12.2. The van der Waals surface area contributed by atoms with E-state index in [4.69, 9.17) is 0 Å². The van der Waals surface area contributed by atoms with Gasteiger partial charge < -0.3 is 5.11 Å². The van der Waals surface area contributed by atoms with Crippen molar-refractivity contribution in [1.82, 2.24) is 9.97 Å². The van der Waals surface area contributed by atoms with E-state index in [-0.39, 0.29) is 47.9 Å².